The van der Waals surface area contributed by atoms with Crippen LogP contribution in [-0.2, 0) is 14.4 Å². The van der Waals surface area contributed by atoms with Crippen LogP contribution in [-0.4, -0.2) is 59.4 Å². The SMILES string of the molecule is CC(=O)N1CCCN(C(=O)C2=NN(c3cc(C)ccc3C)C(=O)CC2)CC1. The van der Waals surface area contributed by atoms with Crippen LogP contribution in [0.5, 0.6) is 0 Å². The maximum absolute atomic E-state index is 13.0. The summed E-state index contributed by atoms with van der Waals surface area (Å²) in [5.41, 5.74) is 3.11. The molecular formula is C20H26N4O3. The van der Waals surface area contributed by atoms with Crippen molar-refractivity contribution in [3.8, 4) is 0 Å². The van der Waals surface area contributed by atoms with Crippen LogP contribution in [0.4, 0.5) is 5.69 Å². The first-order chi connectivity index (χ1) is 12.9. The molecule has 1 fully saturated rings. The fraction of sp³-hybridized carbons (Fsp3) is 0.500. The van der Waals surface area contributed by atoms with Crippen LogP contribution in [0.1, 0.15) is 37.3 Å². The summed E-state index contributed by atoms with van der Waals surface area (Å²) in [7, 11) is 0. The minimum Gasteiger partial charge on any atom is -0.341 e. The largest absolute Gasteiger partial charge is 0.341 e. The predicted octanol–water partition coefficient (Wildman–Crippen LogP) is 1.87. The van der Waals surface area contributed by atoms with Gasteiger partial charge in [0.2, 0.25) is 11.8 Å². The summed E-state index contributed by atoms with van der Waals surface area (Å²) in [5, 5.41) is 5.80. The third kappa shape index (κ3) is 4.18. The second-order valence-corrected chi connectivity index (χ2v) is 7.19. The molecule has 0 N–H and O–H groups in total. The van der Waals surface area contributed by atoms with Gasteiger partial charge in [-0.3, -0.25) is 14.4 Å². The van der Waals surface area contributed by atoms with Crippen molar-refractivity contribution in [3.05, 3.63) is 29.3 Å². The van der Waals surface area contributed by atoms with Crippen molar-refractivity contribution in [1.82, 2.24) is 9.80 Å². The van der Waals surface area contributed by atoms with Crippen molar-refractivity contribution in [1.29, 1.82) is 0 Å². The van der Waals surface area contributed by atoms with Gasteiger partial charge in [0.1, 0.15) is 5.71 Å². The maximum atomic E-state index is 13.0. The summed E-state index contributed by atoms with van der Waals surface area (Å²) in [6.07, 6.45) is 1.37. The van der Waals surface area contributed by atoms with Crippen LogP contribution in [0, 0.1) is 13.8 Å². The van der Waals surface area contributed by atoms with Gasteiger partial charge in [0.05, 0.1) is 5.69 Å². The zero-order chi connectivity index (χ0) is 19.6. The van der Waals surface area contributed by atoms with Crippen molar-refractivity contribution in [2.24, 2.45) is 5.10 Å². The molecule has 2 aliphatic rings. The Bertz CT molecular complexity index is 802. The third-order valence-corrected chi connectivity index (χ3v) is 5.10. The first kappa shape index (κ1) is 19.1. The summed E-state index contributed by atoms with van der Waals surface area (Å²) >= 11 is 0. The summed E-state index contributed by atoms with van der Waals surface area (Å²) in [4.78, 5) is 40.5. The molecule has 144 valence electrons. The summed E-state index contributed by atoms with van der Waals surface area (Å²) in [6, 6.07) is 5.86. The topological polar surface area (TPSA) is 73.3 Å². The van der Waals surface area contributed by atoms with Crippen molar-refractivity contribution in [3.63, 3.8) is 0 Å². The van der Waals surface area contributed by atoms with Gasteiger partial charge in [0.15, 0.2) is 0 Å². The molecule has 7 heteroatoms. The van der Waals surface area contributed by atoms with E-state index in [2.05, 4.69) is 5.10 Å². The molecule has 0 bridgehead atoms. The summed E-state index contributed by atoms with van der Waals surface area (Å²) in [6.45, 7) is 7.74. The van der Waals surface area contributed by atoms with E-state index in [0.717, 1.165) is 23.2 Å². The lowest BCUT2D eigenvalue weighted by molar-refractivity contribution is -0.129. The molecule has 1 saturated heterocycles. The summed E-state index contributed by atoms with van der Waals surface area (Å²) in [5.74, 6) is -0.201. The van der Waals surface area contributed by atoms with E-state index >= 15 is 0 Å². The predicted molar refractivity (Wildman–Crippen MR) is 104 cm³/mol. The molecule has 0 aliphatic carbocycles. The number of hydrogen-bond acceptors (Lipinski definition) is 4. The van der Waals surface area contributed by atoms with Gasteiger partial charge in [-0.2, -0.15) is 5.10 Å². The van der Waals surface area contributed by atoms with E-state index in [1.807, 2.05) is 32.0 Å². The van der Waals surface area contributed by atoms with E-state index in [1.54, 1.807) is 16.7 Å². The Morgan fingerprint density at radius 3 is 2.44 bits per heavy atom. The second-order valence-electron chi connectivity index (χ2n) is 7.19. The highest BCUT2D eigenvalue weighted by molar-refractivity contribution is 6.40. The van der Waals surface area contributed by atoms with Crippen molar-refractivity contribution in [2.45, 2.75) is 40.0 Å². The normalized spacial score (nSPS) is 18.3. The Hall–Kier alpha value is -2.70. The molecule has 0 unspecified atom stereocenters. The number of aryl methyl sites for hydroxylation is 2. The maximum Gasteiger partial charge on any atom is 0.270 e. The van der Waals surface area contributed by atoms with Gasteiger partial charge in [-0.15, -0.1) is 0 Å². The molecule has 0 spiro atoms. The lowest BCUT2D eigenvalue weighted by Crippen LogP contribution is -2.43. The number of nitrogens with zero attached hydrogens (tertiary/aromatic N) is 4. The highest BCUT2D eigenvalue weighted by atomic mass is 16.2. The van der Waals surface area contributed by atoms with E-state index in [4.69, 9.17) is 0 Å². The van der Waals surface area contributed by atoms with Crippen molar-refractivity contribution < 1.29 is 14.4 Å². The molecule has 27 heavy (non-hydrogen) atoms. The highest BCUT2D eigenvalue weighted by Crippen LogP contribution is 2.25. The Balaban J connectivity index is 1.81. The van der Waals surface area contributed by atoms with Gasteiger partial charge in [-0.1, -0.05) is 12.1 Å². The van der Waals surface area contributed by atoms with Crippen LogP contribution in [0.25, 0.3) is 0 Å². The first-order valence-electron chi connectivity index (χ1n) is 9.39. The van der Waals surface area contributed by atoms with E-state index in [9.17, 15) is 14.4 Å². The van der Waals surface area contributed by atoms with Gasteiger partial charge in [0, 0.05) is 45.9 Å². The number of carbonyl (C=O) groups is 3. The molecule has 0 radical (unpaired) electrons. The number of hydrogen-bond donors (Lipinski definition) is 0. The zero-order valence-electron chi connectivity index (χ0n) is 16.2. The molecule has 2 aliphatic heterocycles. The number of amides is 3. The lowest BCUT2D eigenvalue weighted by Gasteiger charge is -2.27. The van der Waals surface area contributed by atoms with E-state index in [1.165, 1.54) is 5.01 Å². The van der Waals surface area contributed by atoms with Crippen LogP contribution in [0.15, 0.2) is 23.3 Å². The molecular weight excluding hydrogens is 344 g/mol. The zero-order valence-corrected chi connectivity index (χ0v) is 16.2. The standard InChI is InChI=1S/C20H26N4O3/c1-14-5-6-15(2)18(13-14)24-19(26)8-7-17(21-24)20(27)23-10-4-9-22(11-12-23)16(3)25/h5-6,13H,4,7-12H2,1-3H3. The van der Waals surface area contributed by atoms with Crippen molar-refractivity contribution in [2.75, 3.05) is 31.2 Å². The number of carbonyl (C=O) groups excluding carboxylic acids is 3. The number of benzene rings is 1. The Morgan fingerprint density at radius 2 is 1.70 bits per heavy atom. The molecule has 0 atom stereocenters. The average Bonchev–Trinajstić information content (AvgIpc) is 2.90. The molecule has 1 aromatic rings. The summed E-state index contributed by atoms with van der Waals surface area (Å²) < 4.78 is 0. The molecule has 3 rings (SSSR count). The van der Waals surface area contributed by atoms with Gasteiger partial charge in [-0.25, -0.2) is 5.01 Å². The fourth-order valence-corrected chi connectivity index (χ4v) is 3.46. The monoisotopic (exact) mass is 370 g/mol. The van der Waals surface area contributed by atoms with Crippen molar-refractivity contribution >= 4 is 29.1 Å². The Labute approximate surface area is 159 Å². The molecule has 1 aromatic carbocycles. The van der Waals surface area contributed by atoms with Gasteiger partial charge < -0.3 is 9.80 Å². The average molecular weight is 370 g/mol. The molecule has 2 heterocycles. The smallest absolute Gasteiger partial charge is 0.270 e. The number of anilines is 1. The van der Waals surface area contributed by atoms with E-state index in [-0.39, 0.29) is 24.1 Å². The van der Waals surface area contributed by atoms with Crippen LogP contribution in [0.3, 0.4) is 0 Å². The van der Waals surface area contributed by atoms with Crippen LogP contribution >= 0.6 is 0 Å². The van der Waals surface area contributed by atoms with E-state index in [0.29, 0.717) is 38.3 Å². The van der Waals surface area contributed by atoms with Crippen LogP contribution < -0.4 is 5.01 Å². The Kier molecular flexibility index (Phi) is 5.58. The number of rotatable bonds is 2. The van der Waals surface area contributed by atoms with Gasteiger partial charge >= 0.3 is 0 Å². The molecule has 0 aromatic heterocycles. The second kappa shape index (κ2) is 7.90. The minimum absolute atomic E-state index is 0.0333. The third-order valence-electron chi connectivity index (χ3n) is 5.10. The quantitative estimate of drug-likeness (QED) is 0.798. The molecule has 0 saturated carbocycles. The van der Waals surface area contributed by atoms with Gasteiger partial charge in [-0.05, 0) is 37.5 Å². The number of hydrazone groups is 1. The lowest BCUT2D eigenvalue weighted by atomic mass is 10.1. The Morgan fingerprint density at radius 1 is 1.00 bits per heavy atom. The first-order valence-corrected chi connectivity index (χ1v) is 9.39. The molecule has 7 nitrogen and oxygen atoms in total. The fourth-order valence-electron chi connectivity index (χ4n) is 3.46. The van der Waals surface area contributed by atoms with E-state index < -0.39 is 0 Å². The van der Waals surface area contributed by atoms with Gasteiger partial charge in [0.25, 0.3) is 5.91 Å². The molecule has 3 amide bonds. The highest BCUT2D eigenvalue weighted by Gasteiger charge is 2.30. The minimum atomic E-state index is -0.136. The van der Waals surface area contributed by atoms with Crippen LogP contribution in [0.2, 0.25) is 0 Å².